The fraction of sp³-hybridized carbons (Fsp3) is 0.462. The van der Waals surface area contributed by atoms with Crippen LogP contribution in [0.3, 0.4) is 0 Å². The normalized spacial score (nSPS) is 21.9. The van der Waals surface area contributed by atoms with Gasteiger partial charge in [0.15, 0.2) is 0 Å². The number of nitrogens with zero attached hydrogens (tertiary/aromatic N) is 2. The van der Waals surface area contributed by atoms with E-state index in [1.54, 1.807) is 13.0 Å². The summed E-state index contributed by atoms with van der Waals surface area (Å²) in [7, 11) is 0. The van der Waals surface area contributed by atoms with Crippen molar-refractivity contribution >= 4 is 33.7 Å². The van der Waals surface area contributed by atoms with Gasteiger partial charge in [-0.3, -0.25) is 10.1 Å². The van der Waals surface area contributed by atoms with E-state index in [0.717, 1.165) is 10.2 Å². The summed E-state index contributed by atoms with van der Waals surface area (Å²) in [5, 5.41) is 11.8. The van der Waals surface area contributed by atoms with E-state index < -0.39 is 11.4 Å². The number of aryl methyl sites for hydroxylation is 1. The topological polar surface area (TPSA) is 82.5 Å². The monoisotopic (exact) mass is 341 g/mol. The van der Waals surface area contributed by atoms with E-state index in [1.165, 1.54) is 4.90 Å². The Bertz CT molecular complexity index is 564. The molecule has 108 valence electrons. The predicted molar refractivity (Wildman–Crippen MR) is 77.6 cm³/mol. The van der Waals surface area contributed by atoms with E-state index in [0.29, 0.717) is 18.8 Å². The number of rotatable bonds is 2. The molecule has 2 amide bonds. The minimum absolute atomic E-state index is 0.212. The van der Waals surface area contributed by atoms with E-state index in [9.17, 15) is 9.59 Å². The van der Waals surface area contributed by atoms with Crippen LogP contribution in [0.4, 0.5) is 10.6 Å². The number of likely N-dealkylation sites (tertiary alicyclic amines) is 1. The summed E-state index contributed by atoms with van der Waals surface area (Å²) in [6.45, 7) is 4.13. The molecule has 1 atom stereocenters. The molecule has 0 saturated carbocycles. The molecule has 0 radical (unpaired) electrons. The standard InChI is InChI=1S/C13H16BrN3O3/c1-8-9(14)3-4-10(15-8)16-12(20)17-6-5-13(2,7-17)11(18)19/h3-4H,5-7H2,1-2H3,(H,18,19)(H,15,16,20). The number of amides is 2. The quantitative estimate of drug-likeness (QED) is 0.865. The van der Waals surface area contributed by atoms with Crippen molar-refractivity contribution in [3.8, 4) is 0 Å². The third-order valence-electron chi connectivity index (χ3n) is 3.53. The van der Waals surface area contributed by atoms with Crippen molar-refractivity contribution in [2.45, 2.75) is 20.3 Å². The van der Waals surface area contributed by atoms with Gasteiger partial charge in [-0.1, -0.05) is 0 Å². The van der Waals surface area contributed by atoms with Crippen LogP contribution in [0.25, 0.3) is 0 Å². The van der Waals surface area contributed by atoms with Gasteiger partial charge < -0.3 is 10.0 Å². The molecule has 1 fully saturated rings. The van der Waals surface area contributed by atoms with Crippen molar-refractivity contribution in [3.05, 3.63) is 22.3 Å². The number of hydrogen-bond donors (Lipinski definition) is 2. The van der Waals surface area contributed by atoms with Crippen LogP contribution >= 0.6 is 15.9 Å². The van der Waals surface area contributed by atoms with Crippen LogP contribution in [0.1, 0.15) is 19.0 Å². The van der Waals surface area contributed by atoms with Crippen molar-refractivity contribution in [1.29, 1.82) is 0 Å². The van der Waals surface area contributed by atoms with E-state index in [4.69, 9.17) is 5.11 Å². The summed E-state index contributed by atoms with van der Waals surface area (Å²) in [6, 6.07) is 3.19. The zero-order valence-electron chi connectivity index (χ0n) is 11.3. The third-order valence-corrected chi connectivity index (χ3v) is 4.37. The van der Waals surface area contributed by atoms with Gasteiger partial charge in [0.2, 0.25) is 0 Å². The van der Waals surface area contributed by atoms with E-state index >= 15 is 0 Å². The molecule has 0 spiro atoms. The predicted octanol–water partition coefficient (Wildman–Crippen LogP) is 2.48. The number of pyridine rings is 1. The van der Waals surface area contributed by atoms with Crippen molar-refractivity contribution in [2.75, 3.05) is 18.4 Å². The molecule has 2 rings (SSSR count). The number of nitrogens with one attached hydrogen (secondary N) is 1. The Kier molecular flexibility index (Phi) is 3.99. The number of aromatic nitrogens is 1. The highest BCUT2D eigenvalue weighted by molar-refractivity contribution is 9.10. The van der Waals surface area contributed by atoms with Crippen molar-refractivity contribution in [3.63, 3.8) is 0 Å². The zero-order valence-corrected chi connectivity index (χ0v) is 12.9. The summed E-state index contributed by atoms with van der Waals surface area (Å²) in [4.78, 5) is 29.0. The summed E-state index contributed by atoms with van der Waals surface area (Å²) in [5.74, 6) is -0.412. The maximum Gasteiger partial charge on any atom is 0.323 e. The number of carboxylic acids is 1. The molecule has 1 saturated heterocycles. The van der Waals surface area contributed by atoms with Gasteiger partial charge in [0, 0.05) is 17.6 Å². The van der Waals surface area contributed by atoms with Crippen molar-refractivity contribution in [2.24, 2.45) is 5.41 Å². The zero-order chi connectivity index (χ0) is 14.9. The van der Waals surface area contributed by atoms with Crippen LogP contribution in [-0.2, 0) is 4.79 Å². The van der Waals surface area contributed by atoms with Crippen LogP contribution in [0.5, 0.6) is 0 Å². The van der Waals surface area contributed by atoms with Crippen LogP contribution in [0, 0.1) is 12.3 Å². The molecule has 0 aromatic carbocycles. The molecule has 1 aliphatic heterocycles. The summed E-state index contributed by atoms with van der Waals surface area (Å²) in [6.07, 6.45) is 0.461. The summed E-state index contributed by atoms with van der Waals surface area (Å²) >= 11 is 3.34. The maximum atomic E-state index is 12.1. The number of carboxylic acid groups (broad SMARTS) is 1. The highest BCUT2D eigenvalue weighted by atomic mass is 79.9. The number of aliphatic carboxylic acids is 1. The largest absolute Gasteiger partial charge is 0.481 e. The molecule has 2 heterocycles. The molecular weight excluding hydrogens is 326 g/mol. The Morgan fingerprint density at radius 2 is 2.20 bits per heavy atom. The first-order valence-electron chi connectivity index (χ1n) is 6.24. The molecule has 20 heavy (non-hydrogen) atoms. The Balaban J connectivity index is 2.03. The van der Waals surface area contributed by atoms with Crippen LogP contribution in [-0.4, -0.2) is 40.1 Å². The second-order valence-electron chi connectivity index (χ2n) is 5.23. The van der Waals surface area contributed by atoms with Gasteiger partial charge in [-0.2, -0.15) is 0 Å². The van der Waals surface area contributed by atoms with Gasteiger partial charge in [0.25, 0.3) is 0 Å². The first-order chi connectivity index (χ1) is 9.32. The second-order valence-corrected chi connectivity index (χ2v) is 6.09. The molecule has 7 heteroatoms. The average Bonchev–Trinajstić information content (AvgIpc) is 2.78. The molecular formula is C13H16BrN3O3. The van der Waals surface area contributed by atoms with Gasteiger partial charge in [-0.05, 0) is 48.3 Å². The fourth-order valence-electron chi connectivity index (χ4n) is 2.11. The second kappa shape index (κ2) is 5.40. The first kappa shape index (κ1) is 14.8. The number of carbonyl (C=O) groups excluding carboxylic acids is 1. The van der Waals surface area contributed by atoms with Gasteiger partial charge in [-0.15, -0.1) is 0 Å². The Labute approximate surface area is 125 Å². The maximum absolute atomic E-state index is 12.1. The molecule has 1 aromatic heterocycles. The van der Waals surface area contributed by atoms with Gasteiger partial charge in [0.05, 0.1) is 11.1 Å². The highest BCUT2D eigenvalue weighted by Crippen LogP contribution is 2.30. The van der Waals surface area contributed by atoms with E-state index in [1.807, 2.05) is 13.0 Å². The molecule has 6 nitrogen and oxygen atoms in total. The lowest BCUT2D eigenvalue weighted by Gasteiger charge is -2.20. The van der Waals surface area contributed by atoms with E-state index in [2.05, 4.69) is 26.2 Å². The first-order valence-corrected chi connectivity index (χ1v) is 7.03. The molecule has 1 aliphatic rings. The van der Waals surface area contributed by atoms with Crippen molar-refractivity contribution in [1.82, 2.24) is 9.88 Å². The lowest BCUT2D eigenvalue weighted by molar-refractivity contribution is -0.146. The Morgan fingerprint density at radius 3 is 2.75 bits per heavy atom. The highest BCUT2D eigenvalue weighted by Gasteiger charge is 2.42. The lowest BCUT2D eigenvalue weighted by Crippen LogP contribution is -2.37. The smallest absolute Gasteiger partial charge is 0.323 e. The molecule has 1 aromatic rings. The fourth-order valence-corrected chi connectivity index (χ4v) is 2.33. The minimum Gasteiger partial charge on any atom is -0.481 e. The Morgan fingerprint density at radius 1 is 1.50 bits per heavy atom. The average molecular weight is 342 g/mol. The number of anilines is 1. The van der Waals surface area contributed by atoms with Gasteiger partial charge in [0.1, 0.15) is 5.82 Å². The minimum atomic E-state index is -0.870. The number of urea groups is 1. The Hall–Kier alpha value is -1.63. The van der Waals surface area contributed by atoms with Crippen molar-refractivity contribution < 1.29 is 14.7 Å². The van der Waals surface area contributed by atoms with Crippen LogP contribution in [0.15, 0.2) is 16.6 Å². The van der Waals surface area contributed by atoms with Gasteiger partial charge >= 0.3 is 12.0 Å². The number of halogens is 1. The summed E-state index contributed by atoms with van der Waals surface area (Å²) < 4.78 is 0.870. The molecule has 1 unspecified atom stereocenters. The van der Waals surface area contributed by atoms with E-state index in [-0.39, 0.29) is 12.6 Å². The molecule has 0 aliphatic carbocycles. The SMILES string of the molecule is Cc1nc(NC(=O)N2CCC(C)(C(=O)O)C2)ccc1Br. The molecule has 2 N–H and O–H groups in total. The third kappa shape index (κ3) is 2.92. The lowest BCUT2D eigenvalue weighted by atomic mass is 9.90. The van der Waals surface area contributed by atoms with Crippen LogP contribution < -0.4 is 5.32 Å². The number of hydrogen-bond acceptors (Lipinski definition) is 3. The molecule has 0 bridgehead atoms. The number of carbonyl (C=O) groups is 2. The van der Waals surface area contributed by atoms with Crippen LogP contribution in [0.2, 0.25) is 0 Å². The summed E-state index contributed by atoms with van der Waals surface area (Å²) in [5.41, 5.74) is -0.0833. The van der Waals surface area contributed by atoms with Gasteiger partial charge in [-0.25, -0.2) is 9.78 Å².